The summed E-state index contributed by atoms with van der Waals surface area (Å²) in [5.41, 5.74) is -0.905. The Labute approximate surface area is 234 Å². The molecule has 0 aliphatic carbocycles. The van der Waals surface area contributed by atoms with Crippen LogP contribution in [0.2, 0.25) is 0 Å². The van der Waals surface area contributed by atoms with Crippen LogP contribution in [0.5, 0.6) is 0 Å². The summed E-state index contributed by atoms with van der Waals surface area (Å²) in [6.45, 7) is 0. The summed E-state index contributed by atoms with van der Waals surface area (Å²) < 4.78 is 107. The maximum atomic E-state index is 12.9. The molecule has 0 saturated heterocycles. The Kier molecular flexibility index (Phi) is 10.8. The van der Waals surface area contributed by atoms with Gasteiger partial charge in [0.25, 0.3) is 0 Å². The minimum absolute atomic E-state index is 0. The first-order valence-corrected chi connectivity index (χ1v) is 12.5. The summed E-state index contributed by atoms with van der Waals surface area (Å²) in [5.74, 6) is 0. The van der Waals surface area contributed by atoms with Gasteiger partial charge in [-0.25, -0.2) is 16.8 Å². The maximum Gasteiger partial charge on any atom is 1.00 e. The van der Waals surface area contributed by atoms with E-state index in [4.69, 9.17) is 0 Å². The van der Waals surface area contributed by atoms with Crippen molar-refractivity contribution >= 4 is 44.1 Å². The van der Waals surface area contributed by atoms with Gasteiger partial charge in [-0.15, -0.1) is 0 Å². The Morgan fingerprint density at radius 2 is 1.03 bits per heavy atom. The summed E-state index contributed by atoms with van der Waals surface area (Å²) in [6.07, 6.45) is -4.58. The molecule has 0 amide bonds. The van der Waals surface area contributed by atoms with E-state index in [-0.39, 0.29) is 69.7 Å². The quantitative estimate of drug-likeness (QED) is 0.189. The van der Waals surface area contributed by atoms with Gasteiger partial charge in [0.1, 0.15) is 20.2 Å². The summed E-state index contributed by atoms with van der Waals surface area (Å²) in [4.78, 5) is -1.09. The molecule has 164 valence electrons. The second kappa shape index (κ2) is 11.6. The van der Waals surface area contributed by atoms with Crippen LogP contribution < -0.4 is 75.0 Å². The van der Waals surface area contributed by atoms with Crippen LogP contribution in [-0.2, 0) is 26.4 Å². The van der Waals surface area contributed by atoms with Gasteiger partial charge in [-0.1, -0.05) is 36.4 Å². The minimum atomic E-state index is -4.81. The van der Waals surface area contributed by atoms with Crippen molar-refractivity contribution in [3.8, 4) is 0 Å². The van der Waals surface area contributed by atoms with Crippen LogP contribution in [0.15, 0.2) is 82.6 Å². The van der Waals surface area contributed by atoms with Crippen LogP contribution in [0.3, 0.4) is 0 Å². The molecular formula is C19H12F3Na2O6PS2. The van der Waals surface area contributed by atoms with E-state index >= 15 is 0 Å². The number of hydrogen-bond acceptors (Lipinski definition) is 6. The number of benzene rings is 3. The first kappa shape index (κ1) is 30.7. The average Bonchev–Trinajstić information content (AvgIpc) is 2.67. The summed E-state index contributed by atoms with van der Waals surface area (Å²) in [7, 11) is -11.4. The molecule has 0 aromatic heterocycles. The fraction of sp³-hybridized carbons (Fsp3) is 0.0526. The zero-order chi connectivity index (χ0) is 23.0. The largest absolute Gasteiger partial charge is 1.00 e. The molecule has 0 spiro atoms. The van der Waals surface area contributed by atoms with Crippen molar-refractivity contribution in [3.05, 3.63) is 78.4 Å². The Bertz CT molecular complexity index is 1260. The fourth-order valence-electron chi connectivity index (χ4n) is 2.80. The molecule has 0 N–H and O–H groups in total. The molecule has 0 fully saturated rings. The van der Waals surface area contributed by atoms with Gasteiger partial charge in [0.05, 0.1) is 15.4 Å². The van der Waals surface area contributed by atoms with Crippen LogP contribution >= 0.6 is 7.92 Å². The number of halogens is 3. The van der Waals surface area contributed by atoms with Gasteiger partial charge < -0.3 is 9.11 Å². The van der Waals surface area contributed by atoms with E-state index in [9.17, 15) is 39.1 Å². The van der Waals surface area contributed by atoms with Crippen molar-refractivity contribution in [2.45, 2.75) is 16.0 Å². The molecule has 6 nitrogen and oxygen atoms in total. The standard InChI is InChI=1S/C19H14F3O6PS2.2Na/c20-19(21,22)13-7-9-14(10-8-13)29(15-3-1-5-17(11-15)30(23,24)25)16-4-2-6-18(12-16)31(26,27)28;;/h1-12H,(H,23,24,25)(H,26,27,28);;/q;2*+1/p-2. The van der Waals surface area contributed by atoms with Gasteiger partial charge in [0.15, 0.2) is 0 Å². The van der Waals surface area contributed by atoms with Crippen molar-refractivity contribution in [1.29, 1.82) is 0 Å². The SMILES string of the molecule is O=S(=O)([O-])c1cccc(P(c2ccc(C(F)(F)F)cc2)c2cccc(S(=O)(=O)[O-])c2)c1.[Na+].[Na+]. The van der Waals surface area contributed by atoms with Crippen molar-refractivity contribution in [1.82, 2.24) is 0 Å². The fourth-order valence-corrected chi connectivity index (χ4v) is 6.36. The Morgan fingerprint density at radius 3 is 1.36 bits per heavy atom. The van der Waals surface area contributed by atoms with E-state index in [0.717, 1.165) is 36.4 Å². The van der Waals surface area contributed by atoms with Crippen molar-refractivity contribution in [2.24, 2.45) is 0 Å². The molecule has 0 aliphatic rings. The van der Waals surface area contributed by atoms with Gasteiger partial charge in [0.2, 0.25) is 0 Å². The number of hydrogen-bond donors (Lipinski definition) is 0. The van der Waals surface area contributed by atoms with Gasteiger partial charge in [0, 0.05) is 0 Å². The summed E-state index contributed by atoms with van der Waals surface area (Å²) in [5, 5.41) is 0.864. The molecule has 0 atom stereocenters. The summed E-state index contributed by atoms with van der Waals surface area (Å²) in [6, 6.07) is 13.9. The molecule has 0 unspecified atom stereocenters. The monoisotopic (exact) mass is 534 g/mol. The Balaban J connectivity index is 0.00000272. The average molecular weight is 534 g/mol. The van der Waals surface area contributed by atoms with Gasteiger partial charge in [-0.3, -0.25) is 0 Å². The van der Waals surface area contributed by atoms with E-state index in [0.29, 0.717) is 5.30 Å². The maximum absolute atomic E-state index is 12.9. The molecule has 0 bridgehead atoms. The van der Waals surface area contributed by atoms with Crippen LogP contribution in [-0.4, -0.2) is 25.9 Å². The van der Waals surface area contributed by atoms with Crippen molar-refractivity contribution < 1.29 is 98.2 Å². The van der Waals surface area contributed by atoms with Gasteiger partial charge in [-0.2, -0.15) is 13.2 Å². The zero-order valence-corrected chi connectivity index (χ0v) is 23.8. The molecule has 0 radical (unpaired) electrons. The molecule has 3 aromatic rings. The van der Waals surface area contributed by atoms with E-state index < -0.39 is 49.7 Å². The number of rotatable bonds is 5. The van der Waals surface area contributed by atoms with Crippen molar-refractivity contribution in [3.63, 3.8) is 0 Å². The molecule has 3 rings (SSSR count). The van der Waals surface area contributed by atoms with Gasteiger partial charge >= 0.3 is 65.3 Å². The van der Waals surface area contributed by atoms with E-state index in [1.165, 1.54) is 36.4 Å². The molecular weight excluding hydrogens is 522 g/mol. The molecule has 14 heteroatoms. The van der Waals surface area contributed by atoms with E-state index in [1.807, 2.05) is 0 Å². The van der Waals surface area contributed by atoms with Crippen LogP contribution in [0.1, 0.15) is 5.56 Å². The summed E-state index contributed by atoms with van der Waals surface area (Å²) >= 11 is 0. The van der Waals surface area contributed by atoms with E-state index in [2.05, 4.69) is 0 Å². The van der Waals surface area contributed by atoms with E-state index in [1.54, 1.807) is 0 Å². The molecule has 0 heterocycles. The molecule has 0 saturated carbocycles. The predicted octanol–water partition coefficient (Wildman–Crippen LogP) is -3.72. The normalized spacial score (nSPS) is 12.1. The zero-order valence-electron chi connectivity index (χ0n) is 17.3. The minimum Gasteiger partial charge on any atom is -0.744 e. The van der Waals surface area contributed by atoms with Crippen LogP contribution in [0.4, 0.5) is 13.2 Å². The molecule has 33 heavy (non-hydrogen) atoms. The third-order valence-electron chi connectivity index (χ3n) is 4.18. The van der Waals surface area contributed by atoms with Crippen molar-refractivity contribution in [2.75, 3.05) is 0 Å². The first-order valence-electron chi connectivity index (χ1n) is 8.36. The topological polar surface area (TPSA) is 114 Å². The first-order chi connectivity index (χ1) is 14.3. The Hall–Kier alpha value is -0.300. The third kappa shape index (κ3) is 7.85. The molecule has 0 aliphatic heterocycles. The smallest absolute Gasteiger partial charge is 0.744 e. The van der Waals surface area contributed by atoms with Crippen LogP contribution in [0, 0.1) is 0 Å². The van der Waals surface area contributed by atoms with Gasteiger partial charge in [-0.05, 0) is 60.2 Å². The second-order valence-electron chi connectivity index (χ2n) is 6.28. The predicted molar refractivity (Wildman–Crippen MR) is 106 cm³/mol. The third-order valence-corrected chi connectivity index (χ3v) is 8.25. The van der Waals surface area contributed by atoms with Crippen LogP contribution in [0.25, 0.3) is 0 Å². The molecule has 3 aromatic carbocycles. The second-order valence-corrected chi connectivity index (χ2v) is 11.3. The Morgan fingerprint density at radius 1 is 0.636 bits per heavy atom. The number of alkyl halides is 3.